The van der Waals surface area contributed by atoms with Gasteiger partial charge in [-0.3, -0.25) is 0 Å². The van der Waals surface area contributed by atoms with Crippen LogP contribution in [0.15, 0.2) is 12.2 Å². The minimum absolute atomic E-state index is 0.452. The maximum absolute atomic E-state index is 4.02. The molecule has 1 heterocycles. The smallest absolute Gasteiger partial charge is 0.00461 e. The fourth-order valence-electron chi connectivity index (χ4n) is 2.53. The summed E-state index contributed by atoms with van der Waals surface area (Å²) in [4.78, 5) is 0. The highest BCUT2D eigenvalue weighted by molar-refractivity contribution is 4.96. The van der Waals surface area contributed by atoms with Crippen molar-refractivity contribution in [3.8, 4) is 0 Å². The van der Waals surface area contributed by atoms with Crippen molar-refractivity contribution in [1.29, 1.82) is 0 Å². The minimum Gasteiger partial charge on any atom is -0.317 e. The maximum atomic E-state index is 4.02. The summed E-state index contributed by atoms with van der Waals surface area (Å²) in [6.45, 7) is 13.3. The summed E-state index contributed by atoms with van der Waals surface area (Å²) >= 11 is 0. The van der Waals surface area contributed by atoms with Gasteiger partial charge in [-0.2, -0.15) is 0 Å². The molecule has 0 bridgehead atoms. The van der Waals surface area contributed by atoms with Crippen LogP contribution in [0.25, 0.3) is 0 Å². The van der Waals surface area contributed by atoms with E-state index >= 15 is 0 Å². The van der Waals surface area contributed by atoms with E-state index in [9.17, 15) is 0 Å². The Balaban J connectivity index is 2.50. The largest absolute Gasteiger partial charge is 0.317 e. The van der Waals surface area contributed by atoms with Crippen molar-refractivity contribution >= 4 is 0 Å². The molecule has 1 aliphatic rings. The SMILES string of the molecule is C=C(C)CC(C)(C)C1CCNCC1. The van der Waals surface area contributed by atoms with Crippen LogP contribution < -0.4 is 5.32 Å². The molecular formula is C12H23N. The van der Waals surface area contributed by atoms with Gasteiger partial charge < -0.3 is 5.32 Å². The average Bonchev–Trinajstić information content (AvgIpc) is 2.04. The van der Waals surface area contributed by atoms with E-state index < -0.39 is 0 Å². The highest BCUT2D eigenvalue weighted by Gasteiger charge is 2.29. The second-order valence-corrected chi connectivity index (χ2v) is 5.15. The van der Waals surface area contributed by atoms with E-state index in [1.165, 1.54) is 37.9 Å². The lowest BCUT2D eigenvalue weighted by atomic mass is 9.71. The Hall–Kier alpha value is -0.300. The first-order valence-electron chi connectivity index (χ1n) is 5.37. The average molecular weight is 181 g/mol. The van der Waals surface area contributed by atoms with Crippen LogP contribution in [0.2, 0.25) is 0 Å². The van der Waals surface area contributed by atoms with Crippen molar-refractivity contribution in [3.05, 3.63) is 12.2 Å². The number of nitrogens with one attached hydrogen (secondary N) is 1. The molecule has 1 N–H and O–H groups in total. The van der Waals surface area contributed by atoms with Gasteiger partial charge in [-0.1, -0.05) is 19.4 Å². The van der Waals surface area contributed by atoms with Crippen LogP contribution in [0.1, 0.15) is 40.0 Å². The van der Waals surface area contributed by atoms with E-state index in [0.717, 1.165) is 5.92 Å². The quantitative estimate of drug-likeness (QED) is 0.660. The lowest BCUT2D eigenvalue weighted by Crippen LogP contribution is -2.35. The van der Waals surface area contributed by atoms with Gasteiger partial charge >= 0.3 is 0 Å². The number of hydrogen-bond donors (Lipinski definition) is 1. The van der Waals surface area contributed by atoms with Crippen LogP contribution in [0, 0.1) is 11.3 Å². The maximum Gasteiger partial charge on any atom is -0.00461 e. The third-order valence-electron chi connectivity index (χ3n) is 3.20. The molecule has 0 amide bonds. The molecule has 76 valence electrons. The lowest BCUT2D eigenvalue weighted by Gasteiger charge is -2.37. The predicted octanol–water partition coefficient (Wildman–Crippen LogP) is 2.98. The predicted molar refractivity (Wildman–Crippen MR) is 58.8 cm³/mol. The van der Waals surface area contributed by atoms with Crippen molar-refractivity contribution in [2.45, 2.75) is 40.0 Å². The molecule has 0 saturated carbocycles. The Bertz CT molecular complexity index is 176. The van der Waals surface area contributed by atoms with Gasteiger partial charge in [-0.05, 0) is 50.6 Å². The summed E-state index contributed by atoms with van der Waals surface area (Å²) < 4.78 is 0. The van der Waals surface area contributed by atoms with Crippen LogP contribution in [-0.4, -0.2) is 13.1 Å². The normalized spacial score (nSPS) is 20.2. The van der Waals surface area contributed by atoms with Gasteiger partial charge in [0.05, 0.1) is 0 Å². The Kier molecular flexibility index (Phi) is 3.55. The van der Waals surface area contributed by atoms with Gasteiger partial charge in [-0.15, -0.1) is 6.58 Å². The molecule has 1 heteroatoms. The van der Waals surface area contributed by atoms with Crippen LogP contribution in [0.4, 0.5) is 0 Å². The molecule has 0 spiro atoms. The first-order chi connectivity index (χ1) is 6.02. The summed E-state index contributed by atoms with van der Waals surface area (Å²) in [6.07, 6.45) is 3.85. The fraction of sp³-hybridized carbons (Fsp3) is 0.833. The summed E-state index contributed by atoms with van der Waals surface area (Å²) in [7, 11) is 0. The van der Waals surface area contributed by atoms with Gasteiger partial charge in [0.25, 0.3) is 0 Å². The second-order valence-electron chi connectivity index (χ2n) is 5.15. The van der Waals surface area contributed by atoms with Gasteiger partial charge in [0.2, 0.25) is 0 Å². The van der Waals surface area contributed by atoms with Crippen LogP contribution >= 0.6 is 0 Å². The minimum atomic E-state index is 0.452. The molecule has 0 aliphatic carbocycles. The molecule has 13 heavy (non-hydrogen) atoms. The lowest BCUT2D eigenvalue weighted by molar-refractivity contribution is 0.165. The highest BCUT2D eigenvalue weighted by atomic mass is 14.9. The monoisotopic (exact) mass is 181 g/mol. The molecule has 1 aliphatic heterocycles. The topological polar surface area (TPSA) is 12.0 Å². The Labute approximate surface area is 82.6 Å². The Morgan fingerprint density at radius 2 is 1.92 bits per heavy atom. The van der Waals surface area contributed by atoms with Crippen molar-refractivity contribution in [3.63, 3.8) is 0 Å². The fourth-order valence-corrected chi connectivity index (χ4v) is 2.53. The van der Waals surface area contributed by atoms with Gasteiger partial charge in [0.15, 0.2) is 0 Å². The number of allylic oxidation sites excluding steroid dienone is 1. The number of rotatable bonds is 3. The summed E-state index contributed by atoms with van der Waals surface area (Å²) in [6, 6.07) is 0. The first kappa shape index (κ1) is 10.8. The molecule has 1 fully saturated rings. The van der Waals surface area contributed by atoms with Gasteiger partial charge in [0, 0.05) is 0 Å². The summed E-state index contributed by atoms with van der Waals surface area (Å²) in [5.41, 5.74) is 1.78. The summed E-state index contributed by atoms with van der Waals surface area (Å²) in [5, 5.41) is 3.42. The molecular weight excluding hydrogens is 158 g/mol. The third kappa shape index (κ3) is 3.15. The molecule has 0 radical (unpaired) electrons. The molecule has 1 nitrogen and oxygen atoms in total. The molecule has 0 aromatic rings. The molecule has 0 aromatic carbocycles. The second kappa shape index (κ2) is 4.28. The van der Waals surface area contributed by atoms with E-state index in [2.05, 4.69) is 32.7 Å². The molecule has 0 atom stereocenters. The zero-order valence-corrected chi connectivity index (χ0v) is 9.32. The van der Waals surface area contributed by atoms with Gasteiger partial charge in [0.1, 0.15) is 0 Å². The third-order valence-corrected chi connectivity index (χ3v) is 3.20. The number of piperidine rings is 1. The van der Waals surface area contributed by atoms with Crippen LogP contribution in [-0.2, 0) is 0 Å². The van der Waals surface area contributed by atoms with Crippen molar-refractivity contribution < 1.29 is 0 Å². The standard InChI is InChI=1S/C12H23N/c1-10(2)9-12(3,4)11-5-7-13-8-6-11/h11,13H,1,5-9H2,2-4H3. The first-order valence-corrected chi connectivity index (χ1v) is 5.37. The van der Waals surface area contributed by atoms with Gasteiger partial charge in [-0.25, -0.2) is 0 Å². The Morgan fingerprint density at radius 1 is 1.38 bits per heavy atom. The molecule has 1 saturated heterocycles. The van der Waals surface area contributed by atoms with Crippen molar-refractivity contribution in [1.82, 2.24) is 5.32 Å². The number of hydrogen-bond acceptors (Lipinski definition) is 1. The van der Waals surface area contributed by atoms with E-state index in [4.69, 9.17) is 0 Å². The summed E-state index contributed by atoms with van der Waals surface area (Å²) in [5.74, 6) is 0.880. The van der Waals surface area contributed by atoms with Crippen LogP contribution in [0.5, 0.6) is 0 Å². The Morgan fingerprint density at radius 3 is 2.38 bits per heavy atom. The zero-order chi connectivity index (χ0) is 9.90. The van der Waals surface area contributed by atoms with Crippen molar-refractivity contribution in [2.24, 2.45) is 11.3 Å². The van der Waals surface area contributed by atoms with Crippen LogP contribution in [0.3, 0.4) is 0 Å². The molecule has 1 rings (SSSR count). The van der Waals surface area contributed by atoms with E-state index in [-0.39, 0.29) is 0 Å². The molecule has 0 unspecified atom stereocenters. The van der Waals surface area contributed by atoms with Crippen molar-refractivity contribution in [2.75, 3.05) is 13.1 Å². The van der Waals surface area contributed by atoms with E-state index in [0.29, 0.717) is 5.41 Å². The van der Waals surface area contributed by atoms with E-state index in [1.54, 1.807) is 0 Å². The highest BCUT2D eigenvalue weighted by Crippen LogP contribution is 2.38. The van der Waals surface area contributed by atoms with E-state index in [1.807, 2.05) is 0 Å². The zero-order valence-electron chi connectivity index (χ0n) is 9.32. The molecule has 0 aromatic heterocycles.